The molecule has 0 radical (unpaired) electrons. The normalized spacial score (nSPS) is 13.9. The second kappa shape index (κ2) is 24.3. The van der Waals surface area contributed by atoms with E-state index in [1.54, 1.807) is 0 Å². The Bertz CT molecular complexity index is 487. The summed E-state index contributed by atoms with van der Waals surface area (Å²) in [6, 6.07) is 0. The topological polar surface area (TPSA) is 77.1 Å². The third-order valence-corrected chi connectivity index (χ3v) is 7.00. The predicted octanol–water partition coefficient (Wildman–Crippen LogP) is 6.49. The largest absolute Gasteiger partial charge is 0.756 e. The minimum Gasteiger partial charge on any atom is -0.756 e. The number of ether oxygens (including phenoxy) is 2. The summed E-state index contributed by atoms with van der Waals surface area (Å²) in [5.74, 6) is 0. The zero-order valence-corrected chi connectivity index (χ0v) is 24.5. The Kier molecular flexibility index (Phi) is 24.3. The van der Waals surface area contributed by atoms with E-state index < -0.39 is 7.82 Å². The van der Waals surface area contributed by atoms with Crippen molar-refractivity contribution in [2.45, 2.75) is 110 Å². The van der Waals surface area contributed by atoms with Crippen LogP contribution in [0.2, 0.25) is 0 Å². The lowest BCUT2D eigenvalue weighted by Crippen LogP contribution is -2.37. The van der Waals surface area contributed by atoms with E-state index in [1.807, 2.05) is 21.1 Å². The van der Waals surface area contributed by atoms with Crippen LogP contribution in [0.15, 0.2) is 0 Å². The zero-order valence-electron chi connectivity index (χ0n) is 23.6. The van der Waals surface area contributed by atoms with E-state index in [-0.39, 0.29) is 19.8 Å². The van der Waals surface area contributed by atoms with Crippen LogP contribution in [0.1, 0.15) is 110 Å². The lowest BCUT2D eigenvalue weighted by Gasteiger charge is -2.27. The molecule has 0 aliphatic carbocycles. The predicted molar refractivity (Wildman–Crippen MR) is 144 cm³/mol. The van der Waals surface area contributed by atoms with Gasteiger partial charge in [-0.1, -0.05) is 103 Å². The van der Waals surface area contributed by atoms with Gasteiger partial charge in [0.15, 0.2) is 0 Å². The van der Waals surface area contributed by atoms with E-state index in [1.165, 1.54) is 96.3 Å². The monoisotopic (exact) mass is 523 g/mol. The molecule has 0 aromatic rings. The molecule has 0 aromatic carbocycles. The van der Waals surface area contributed by atoms with Crippen LogP contribution in [0.4, 0.5) is 0 Å². The third-order valence-electron chi connectivity index (χ3n) is 6.00. The molecule has 0 aliphatic heterocycles. The molecular formula is C27H58NO6P. The van der Waals surface area contributed by atoms with Gasteiger partial charge in [-0.15, -0.1) is 0 Å². The highest BCUT2D eigenvalue weighted by Crippen LogP contribution is 2.37. The van der Waals surface area contributed by atoms with Crippen molar-refractivity contribution in [3.05, 3.63) is 0 Å². The summed E-state index contributed by atoms with van der Waals surface area (Å²) >= 11 is 0. The molecule has 0 heterocycles. The van der Waals surface area contributed by atoms with Gasteiger partial charge in [0.2, 0.25) is 0 Å². The van der Waals surface area contributed by atoms with Gasteiger partial charge in [0.1, 0.15) is 13.2 Å². The molecule has 35 heavy (non-hydrogen) atoms. The van der Waals surface area contributed by atoms with Crippen molar-refractivity contribution in [1.29, 1.82) is 0 Å². The Morgan fingerprint density at radius 3 is 1.37 bits per heavy atom. The van der Waals surface area contributed by atoms with E-state index in [2.05, 4.69) is 6.92 Å². The highest BCUT2D eigenvalue weighted by molar-refractivity contribution is 7.45. The fourth-order valence-electron chi connectivity index (χ4n) is 3.75. The smallest absolute Gasteiger partial charge is 0.268 e. The van der Waals surface area contributed by atoms with Gasteiger partial charge in [0.05, 0.1) is 47.6 Å². The van der Waals surface area contributed by atoms with Crippen LogP contribution in [-0.4, -0.2) is 71.8 Å². The molecule has 0 fully saturated rings. The van der Waals surface area contributed by atoms with E-state index in [0.717, 1.165) is 13.0 Å². The number of unbranched alkanes of at least 4 members (excludes halogenated alkanes) is 15. The molecule has 0 aromatic heterocycles. The van der Waals surface area contributed by atoms with Crippen LogP contribution in [0, 0.1) is 0 Å². The highest BCUT2D eigenvalue weighted by atomic mass is 31.2. The van der Waals surface area contributed by atoms with Crippen molar-refractivity contribution in [1.82, 2.24) is 0 Å². The maximum atomic E-state index is 11.6. The van der Waals surface area contributed by atoms with Crippen molar-refractivity contribution in [3.63, 3.8) is 0 Å². The Hall–Kier alpha value is -0.0100. The first kappa shape index (κ1) is 35.0. The van der Waals surface area contributed by atoms with Crippen molar-refractivity contribution in [2.24, 2.45) is 0 Å². The van der Waals surface area contributed by atoms with E-state index in [4.69, 9.17) is 18.5 Å². The van der Waals surface area contributed by atoms with Gasteiger partial charge >= 0.3 is 0 Å². The van der Waals surface area contributed by atoms with Gasteiger partial charge in [0, 0.05) is 6.61 Å². The zero-order chi connectivity index (χ0) is 26.1. The Morgan fingerprint density at radius 1 is 0.543 bits per heavy atom. The minimum atomic E-state index is -4.25. The fraction of sp³-hybridized carbons (Fsp3) is 1.00. The molecule has 0 rings (SSSR count). The second-order valence-electron chi connectivity index (χ2n) is 10.7. The number of phosphoric acid groups is 1. The molecule has 1 atom stereocenters. The fourth-order valence-corrected chi connectivity index (χ4v) is 4.42. The number of phosphoric ester groups is 1. The summed E-state index contributed by atoms with van der Waals surface area (Å²) in [5, 5.41) is 0. The Labute approximate surface area is 217 Å². The Morgan fingerprint density at radius 2 is 0.914 bits per heavy atom. The SMILES string of the molecule is CCCCCCCCCCCCCCCCCCOCCOCCOP(=O)([O-])OCC[N+](C)(C)C. The van der Waals surface area contributed by atoms with Gasteiger partial charge in [-0.2, -0.15) is 0 Å². The lowest BCUT2D eigenvalue weighted by atomic mass is 10.0. The molecule has 212 valence electrons. The number of hydrogen-bond acceptors (Lipinski definition) is 6. The quantitative estimate of drug-likeness (QED) is 0.0663. The van der Waals surface area contributed by atoms with Gasteiger partial charge in [-0.05, 0) is 6.42 Å². The maximum absolute atomic E-state index is 11.6. The van der Waals surface area contributed by atoms with Crippen molar-refractivity contribution < 1.29 is 32.5 Å². The van der Waals surface area contributed by atoms with Crippen molar-refractivity contribution >= 4 is 7.82 Å². The average molecular weight is 524 g/mol. The molecule has 0 saturated heterocycles. The number of likely N-dealkylation sites (N-methyl/N-ethyl adjacent to an activating group) is 1. The molecule has 1 unspecified atom stereocenters. The van der Waals surface area contributed by atoms with Crippen LogP contribution in [0.5, 0.6) is 0 Å². The molecule has 0 aliphatic rings. The van der Waals surface area contributed by atoms with Gasteiger partial charge in [0.25, 0.3) is 7.82 Å². The van der Waals surface area contributed by atoms with Crippen LogP contribution in [-0.2, 0) is 23.1 Å². The van der Waals surface area contributed by atoms with Crippen LogP contribution in [0.3, 0.4) is 0 Å². The summed E-state index contributed by atoms with van der Waals surface area (Å²) in [6.45, 7) is 4.86. The lowest BCUT2D eigenvalue weighted by molar-refractivity contribution is -0.870. The highest BCUT2D eigenvalue weighted by Gasteiger charge is 2.13. The van der Waals surface area contributed by atoms with E-state index in [0.29, 0.717) is 24.2 Å². The first-order chi connectivity index (χ1) is 16.8. The molecule has 0 spiro atoms. The van der Waals surface area contributed by atoms with Gasteiger partial charge in [-0.25, -0.2) is 0 Å². The van der Waals surface area contributed by atoms with Gasteiger partial charge < -0.3 is 27.9 Å². The molecular weight excluding hydrogens is 465 g/mol. The maximum Gasteiger partial charge on any atom is 0.268 e. The molecule has 8 heteroatoms. The number of quaternary nitrogens is 1. The first-order valence-electron chi connectivity index (χ1n) is 14.3. The summed E-state index contributed by atoms with van der Waals surface area (Å²) < 4.78 is 32.8. The summed E-state index contributed by atoms with van der Waals surface area (Å²) in [6.07, 6.45) is 21.8. The third kappa shape index (κ3) is 30.1. The van der Waals surface area contributed by atoms with E-state index >= 15 is 0 Å². The van der Waals surface area contributed by atoms with Crippen molar-refractivity contribution in [3.8, 4) is 0 Å². The Balaban J connectivity index is 3.21. The van der Waals surface area contributed by atoms with Crippen LogP contribution >= 0.6 is 7.82 Å². The standard InChI is InChI=1S/C27H58NO6P/c1-5-6-7-8-9-10-11-12-13-14-15-16-17-18-19-20-22-31-24-25-32-26-27-34-35(29,30)33-23-21-28(2,3)4/h5-27H2,1-4H3. The van der Waals surface area contributed by atoms with Crippen LogP contribution in [0.25, 0.3) is 0 Å². The van der Waals surface area contributed by atoms with Crippen molar-refractivity contribution in [2.75, 3.05) is 67.3 Å². The average Bonchev–Trinajstić information content (AvgIpc) is 2.78. The summed E-state index contributed by atoms with van der Waals surface area (Å²) in [7, 11) is 1.66. The van der Waals surface area contributed by atoms with E-state index in [9.17, 15) is 9.46 Å². The first-order valence-corrected chi connectivity index (χ1v) is 15.8. The van der Waals surface area contributed by atoms with Gasteiger partial charge in [-0.3, -0.25) is 4.57 Å². The number of nitrogens with zero attached hydrogens (tertiary/aromatic N) is 1. The summed E-state index contributed by atoms with van der Waals surface area (Å²) in [5.41, 5.74) is 0. The number of hydrogen-bond donors (Lipinski definition) is 0. The second-order valence-corrected chi connectivity index (χ2v) is 12.1. The summed E-state index contributed by atoms with van der Waals surface area (Å²) in [4.78, 5) is 11.6. The molecule has 7 nitrogen and oxygen atoms in total. The molecule has 0 saturated carbocycles. The number of rotatable bonds is 28. The molecule has 0 bridgehead atoms. The van der Waals surface area contributed by atoms with Crippen LogP contribution < -0.4 is 4.89 Å². The minimum absolute atomic E-state index is 0.0374. The molecule has 0 N–H and O–H groups in total. The molecule has 0 amide bonds.